The number of hydrogen-bond donors (Lipinski definition) is 1. The number of para-hydroxylation sites is 1. The van der Waals surface area contributed by atoms with Gasteiger partial charge >= 0.3 is 5.97 Å². The third kappa shape index (κ3) is 5.42. The highest BCUT2D eigenvalue weighted by molar-refractivity contribution is 5.95. The highest BCUT2D eigenvalue weighted by Crippen LogP contribution is 2.22. The zero-order valence-electron chi connectivity index (χ0n) is 12.9. The van der Waals surface area contributed by atoms with Crippen molar-refractivity contribution >= 4 is 17.6 Å². The second kappa shape index (κ2) is 8.95. The first-order valence-electron chi connectivity index (χ1n) is 7.36. The number of nitrogens with one attached hydrogen (secondary N) is 1. The van der Waals surface area contributed by atoms with Gasteiger partial charge in [-0.25, -0.2) is 4.79 Å². The van der Waals surface area contributed by atoms with Crippen LogP contribution in [0.25, 0.3) is 0 Å². The SMILES string of the molecule is CC/C=C/C(=O)OCC(=O)Nc1c(CC)cccc1CC. The molecular weight excluding hydrogens is 266 g/mol. The topological polar surface area (TPSA) is 55.4 Å². The molecule has 0 radical (unpaired) electrons. The van der Waals surface area contributed by atoms with Crippen LogP contribution in [-0.2, 0) is 27.2 Å². The lowest BCUT2D eigenvalue weighted by Crippen LogP contribution is -2.21. The van der Waals surface area contributed by atoms with Gasteiger partial charge in [-0.2, -0.15) is 0 Å². The maximum absolute atomic E-state index is 11.9. The van der Waals surface area contributed by atoms with Crippen LogP contribution in [0.1, 0.15) is 38.3 Å². The molecule has 21 heavy (non-hydrogen) atoms. The van der Waals surface area contributed by atoms with E-state index in [1.807, 2.05) is 39.0 Å². The maximum atomic E-state index is 11.9. The molecule has 0 unspecified atom stereocenters. The van der Waals surface area contributed by atoms with Crippen LogP contribution < -0.4 is 5.32 Å². The first-order chi connectivity index (χ1) is 10.1. The highest BCUT2D eigenvalue weighted by atomic mass is 16.5. The van der Waals surface area contributed by atoms with Gasteiger partial charge in [0.15, 0.2) is 6.61 Å². The van der Waals surface area contributed by atoms with Gasteiger partial charge in [0.25, 0.3) is 5.91 Å². The molecule has 1 amide bonds. The van der Waals surface area contributed by atoms with E-state index >= 15 is 0 Å². The maximum Gasteiger partial charge on any atom is 0.330 e. The van der Waals surface area contributed by atoms with Crippen LogP contribution in [0.2, 0.25) is 0 Å². The smallest absolute Gasteiger partial charge is 0.330 e. The van der Waals surface area contributed by atoms with E-state index in [9.17, 15) is 9.59 Å². The summed E-state index contributed by atoms with van der Waals surface area (Å²) in [5.74, 6) is -0.810. The van der Waals surface area contributed by atoms with Gasteiger partial charge in [-0.15, -0.1) is 0 Å². The predicted molar refractivity (Wildman–Crippen MR) is 84.2 cm³/mol. The van der Waals surface area contributed by atoms with Gasteiger partial charge in [-0.1, -0.05) is 45.0 Å². The van der Waals surface area contributed by atoms with Crippen LogP contribution in [0.4, 0.5) is 5.69 Å². The van der Waals surface area contributed by atoms with E-state index in [0.717, 1.165) is 36.1 Å². The van der Waals surface area contributed by atoms with Gasteiger partial charge in [0.2, 0.25) is 0 Å². The largest absolute Gasteiger partial charge is 0.452 e. The number of benzene rings is 1. The van der Waals surface area contributed by atoms with Crippen LogP contribution in [-0.4, -0.2) is 18.5 Å². The molecule has 0 aromatic heterocycles. The standard InChI is InChI=1S/C17H23NO3/c1-4-7-11-16(20)21-12-15(19)18-17-13(5-2)9-8-10-14(17)6-3/h7-11H,4-6,12H2,1-3H3,(H,18,19)/b11-7+. The summed E-state index contributed by atoms with van der Waals surface area (Å²) < 4.78 is 4.89. The molecule has 0 aliphatic carbocycles. The summed E-state index contributed by atoms with van der Waals surface area (Å²) in [6.07, 6.45) is 5.46. The summed E-state index contributed by atoms with van der Waals surface area (Å²) >= 11 is 0. The average molecular weight is 289 g/mol. The summed E-state index contributed by atoms with van der Waals surface area (Å²) in [4.78, 5) is 23.2. The van der Waals surface area contributed by atoms with Gasteiger partial charge < -0.3 is 10.1 Å². The third-order valence-electron chi connectivity index (χ3n) is 3.10. The molecule has 1 rings (SSSR count). The summed E-state index contributed by atoms with van der Waals surface area (Å²) in [7, 11) is 0. The Balaban J connectivity index is 2.66. The van der Waals surface area contributed by atoms with E-state index in [2.05, 4.69) is 5.32 Å². The Bertz CT molecular complexity index is 499. The minimum Gasteiger partial charge on any atom is -0.452 e. The van der Waals surface area contributed by atoms with Crippen molar-refractivity contribution in [2.24, 2.45) is 0 Å². The molecule has 114 valence electrons. The Morgan fingerprint density at radius 1 is 1.14 bits per heavy atom. The van der Waals surface area contributed by atoms with Crippen LogP contribution >= 0.6 is 0 Å². The van der Waals surface area contributed by atoms with Gasteiger partial charge in [-0.05, 0) is 30.4 Å². The number of amides is 1. The molecule has 1 N–H and O–H groups in total. The van der Waals surface area contributed by atoms with Crippen LogP contribution in [0.3, 0.4) is 0 Å². The number of esters is 1. The molecule has 1 aromatic rings. The van der Waals surface area contributed by atoms with Crippen molar-refractivity contribution in [2.45, 2.75) is 40.0 Å². The normalized spacial score (nSPS) is 10.6. The molecule has 0 aliphatic heterocycles. The molecule has 0 atom stereocenters. The number of anilines is 1. The number of rotatable bonds is 7. The fraction of sp³-hybridized carbons (Fsp3) is 0.412. The van der Waals surface area contributed by atoms with Crippen molar-refractivity contribution < 1.29 is 14.3 Å². The number of carbonyl (C=O) groups is 2. The molecule has 0 fully saturated rings. The van der Waals surface area contributed by atoms with Gasteiger partial charge in [-0.3, -0.25) is 4.79 Å². The van der Waals surface area contributed by atoms with E-state index in [-0.39, 0.29) is 12.5 Å². The number of allylic oxidation sites excluding steroid dienone is 1. The first kappa shape index (κ1) is 17.0. The lowest BCUT2D eigenvalue weighted by Gasteiger charge is -2.14. The number of hydrogen-bond acceptors (Lipinski definition) is 3. The second-order valence-electron chi connectivity index (χ2n) is 4.62. The predicted octanol–water partition coefficient (Wildman–Crippen LogP) is 3.26. The molecule has 1 aromatic carbocycles. The van der Waals surface area contributed by atoms with E-state index in [1.165, 1.54) is 6.08 Å². The monoisotopic (exact) mass is 289 g/mol. The van der Waals surface area contributed by atoms with Crippen molar-refractivity contribution in [3.05, 3.63) is 41.5 Å². The highest BCUT2D eigenvalue weighted by Gasteiger charge is 2.11. The second-order valence-corrected chi connectivity index (χ2v) is 4.62. The first-order valence-corrected chi connectivity index (χ1v) is 7.36. The number of carbonyl (C=O) groups excluding carboxylic acids is 2. The summed E-state index contributed by atoms with van der Waals surface area (Å²) in [5, 5.41) is 2.85. The van der Waals surface area contributed by atoms with E-state index in [1.54, 1.807) is 6.08 Å². The van der Waals surface area contributed by atoms with Crippen molar-refractivity contribution in [1.82, 2.24) is 0 Å². The lowest BCUT2D eigenvalue weighted by atomic mass is 10.0. The van der Waals surface area contributed by atoms with Crippen molar-refractivity contribution in [2.75, 3.05) is 11.9 Å². The van der Waals surface area contributed by atoms with Crippen LogP contribution in [0.5, 0.6) is 0 Å². The molecule has 0 saturated carbocycles. The van der Waals surface area contributed by atoms with E-state index < -0.39 is 5.97 Å². The van der Waals surface area contributed by atoms with E-state index in [4.69, 9.17) is 4.74 Å². The quantitative estimate of drug-likeness (QED) is 0.619. The molecular formula is C17H23NO3. The van der Waals surface area contributed by atoms with Gasteiger partial charge in [0, 0.05) is 11.8 Å². The number of aryl methyl sites for hydroxylation is 2. The fourth-order valence-corrected chi connectivity index (χ4v) is 1.98. The van der Waals surface area contributed by atoms with Crippen molar-refractivity contribution in [3.8, 4) is 0 Å². The van der Waals surface area contributed by atoms with Gasteiger partial charge in [0.1, 0.15) is 0 Å². The summed E-state index contributed by atoms with van der Waals surface area (Å²) in [5.41, 5.74) is 3.01. The molecule has 4 nitrogen and oxygen atoms in total. The molecule has 0 bridgehead atoms. The third-order valence-corrected chi connectivity index (χ3v) is 3.10. The molecule has 0 heterocycles. The van der Waals surface area contributed by atoms with Gasteiger partial charge in [0.05, 0.1) is 0 Å². The zero-order valence-corrected chi connectivity index (χ0v) is 12.9. The molecule has 0 spiro atoms. The molecule has 0 aliphatic rings. The van der Waals surface area contributed by atoms with Crippen LogP contribution in [0, 0.1) is 0 Å². The Morgan fingerprint density at radius 3 is 2.29 bits per heavy atom. The Kier molecular flexibility index (Phi) is 7.23. The Hall–Kier alpha value is -2.10. The minimum absolute atomic E-state index is 0.270. The number of ether oxygens (including phenoxy) is 1. The molecule has 4 heteroatoms. The lowest BCUT2D eigenvalue weighted by molar-refractivity contribution is -0.142. The molecule has 0 saturated heterocycles. The summed E-state index contributed by atoms with van der Waals surface area (Å²) in [6.45, 7) is 5.73. The Morgan fingerprint density at radius 2 is 1.76 bits per heavy atom. The van der Waals surface area contributed by atoms with E-state index in [0.29, 0.717) is 0 Å². The minimum atomic E-state index is -0.494. The van der Waals surface area contributed by atoms with Crippen molar-refractivity contribution in [1.29, 1.82) is 0 Å². The zero-order chi connectivity index (χ0) is 15.7. The summed E-state index contributed by atoms with van der Waals surface area (Å²) in [6, 6.07) is 5.97. The fourth-order valence-electron chi connectivity index (χ4n) is 1.98. The van der Waals surface area contributed by atoms with Crippen molar-refractivity contribution in [3.63, 3.8) is 0 Å². The van der Waals surface area contributed by atoms with Crippen LogP contribution in [0.15, 0.2) is 30.4 Å². The Labute approximate surface area is 126 Å². The average Bonchev–Trinajstić information content (AvgIpc) is 2.51.